The van der Waals surface area contributed by atoms with Crippen LogP contribution in [0.2, 0.25) is 0 Å². The number of halogens is 3. The van der Waals surface area contributed by atoms with E-state index in [4.69, 9.17) is 0 Å². The van der Waals surface area contributed by atoms with Crippen LogP contribution >= 0.6 is 15.9 Å². The second-order valence-electron chi connectivity index (χ2n) is 3.55. The van der Waals surface area contributed by atoms with Gasteiger partial charge in [0.05, 0.1) is 0 Å². The van der Waals surface area contributed by atoms with Crippen LogP contribution < -0.4 is 10.6 Å². The second-order valence-corrected chi connectivity index (χ2v) is 4.46. The third-order valence-electron chi connectivity index (χ3n) is 2.29. The van der Waals surface area contributed by atoms with Crippen molar-refractivity contribution < 1.29 is 8.78 Å². The Morgan fingerprint density at radius 3 is 2.44 bits per heavy atom. The van der Waals surface area contributed by atoms with E-state index in [1.165, 1.54) is 12.1 Å². The van der Waals surface area contributed by atoms with Crippen LogP contribution in [-0.2, 0) is 0 Å². The van der Waals surface area contributed by atoms with Crippen molar-refractivity contribution >= 4 is 33.1 Å². The van der Waals surface area contributed by atoms with Gasteiger partial charge in [-0.3, -0.25) is 0 Å². The Labute approximate surface area is 111 Å². The van der Waals surface area contributed by atoms with Gasteiger partial charge in [0.15, 0.2) is 11.6 Å². The lowest BCUT2D eigenvalue weighted by Crippen LogP contribution is -1.99. The van der Waals surface area contributed by atoms with Gasteiger partial charge in [0, 0.05) is 29.5 Å². The molecule has 0 aliphatic rings. The summed E-state index contributed by atoms with van der Waals surface area (Å²) in [7, 11) is 1.72. The predicted octanol–water partition coefficient (Wildman–Crippen LogP) is 3.91. The summed E-state index contributed by atoms with van der Waals surface area (Å²) in [6.45, 7) is 0. The number of hydrogen-bond acceptors (Lipinski definition) is 3. The fraction of sp³-hybridized carbons (Fsp3) is 0.0833. The van der Waals surface area contributed by atoms with Crippen molar-refractivity contribution in [3.63, 3.8) is 0 Å². The van der Waals surface area contributed by atoms with Gasteiger partial charge in [-0.15, -0.1) is 0 Å². The van der Waals surface area contributed by atoms with E-state index in [0.29, 0.717) is 16.0 Å². The first-order chi connectivity index (χ1) is 8.60. The van der Waals surface area contributed by atoms with Crippen LogP contribution in [0, 0.1) is 11.6 Å². The maximum Gasteiger partial charge on any atom is 0.150 e. The topological polar surface area (TPSA) is 37.0 Å². The molecule has 0 amide bonds. The molecule has 0 aliphatic carbocycles. The highest BCUT2D eigenvalue weighted by atomic mass is 79.9. The van der Waals surface area contributed by atoms with E-state index < -0.39 is 11.6 Å². The van der Waals surface area contributed by atoms with Crippen LogP contribution in [0.1, 0.15) is 0 Å². The molecule has 0 saturated carbocycles. The molecule has 0 aliphatic heterocycles. The largest absolute Gasteiger partial charge is 0.373 e. The Morgan fingerprint density at radius 1 is 1.17 bits per heavy atom. The first-order valence-corrected chi connectivity index (χ1v) is 5.95. The first kappa shape index (κ1) is 12.8. The minimum absolute atomic E-state index is 0.188. The van der Waals surface area contributed by atoms with Gasteiger partial charge in [0.1, 0.15) is 11.5 Å². The normalized spacial score (nSPS) is 10.2. The van der Waals surface area contributed by atoms with Crippen molar-refractivity contribution in [2.45, 2.75) is 0 Å². The molecule has 2 aromatic rings. The molecule has 0 fully saturated rings. The van der Waals surface area contributed by atoms with Crippen LogP contribution in [0.25, 0.3) is 0 Å². The third-order valence-corrected chi connectivity index (χ3v) is 2.75. The number of anilines is 3. The molecule has 2 N–H and O–H groups in total. The average molecular weight is 314 g/mol. The van der Waals surface area contributed by atoms with Gasteiger partial charge in [-0.2, -0.15) is 0 Å². The van der Waals surface area contributed by atoms with Crippen LogP contribution in [-0.4, -0.2) is 12.0 Å². The van der Waals surface area contributed by atoms with Gasteiger partial charge in [0.25, 0.3) is 0 Å². The maximum atomic E-state index is 13.6. The van der Waals surface area contributed by atoms with E-state index >= 15 is 0 Å². The number of aromatic nitrogens is 1. The summed E-state index contributed by atoms with van der Waals surface area (Å²) in [5, 5.41) is 5.54. The summed E-state index contributed by atoms with van der Waals surface area (Å²) >= 11 is 3.03. The Kier molecular flexibility index (Phi) is 3.76. The zero-order valence-electron chi connectivity index (χ0n) is 9.47. The minimum Gasteiger partial charge on any atom is -0.373 e. The van der Waals surface area contributed by atoms with E-state index in [2.05, 4.69) is 31.5 Å². The molecule has 1 aromatic carbocycles. The molecule has 1 aromatic heterocycles. The smallest absolute Gasteiger partial charge is 0.150 e. The summed E-state index contributed by atoms with van der Waals surface area (Å²) < 4.78 is 27.6. The highest BCUT2D eigenvalue weighted by Gasteiger charge is 2.10. The zero-order chi connectivity index (χ0) is 13.1. The Morgan fingerprint density at radius 2 is 1.83 bits per heavy atom. The number of pyridine rings is 1. The molecule has 0 saturated heterocycles. The van der Waals surface area contributed by atoms with E-state index in [1.54, 1.807) is 25.4 Å². The number of nitrogens with one attached hydrogen (secondary N) is 2. The van der Waals surface area contributed by atoms with Crippen LogP contribution in [0.3, 0.4) is 0 Å². The lowest BCUT2D eigenvalue weighted by Gasteiger charge is -2.10. The molecule has 6 heteroatoms. The van der Waals surface area contributed by atoms with E-state index in [1.807, 2.05) is 0 Å². The van der Waals surface area contributed by atoms with Crippen LogP contribution in [0.15, 0.2) is 34.9 Å². The molecule has 0 atom stereocenters. The Balaban J connectivity index is 2.33. The molecule has 0 radical (unpaired) electrons. The number of rotatable bonds is 3. The van der Waals surface area contributed by atoms with Gasteiger partial charge >= 0.3 is 0 Å². The molecule has 94 valence electrons. The molecule has 2 rings (SSSR count). The third kappa shape index (κ3) is 2.76. The molecule has 18 heavy (non-hydrogen) atoms. The number of hydrogen-bond donors (Lipinski definition) is 2. The number of benzene rings is 1. The number of nitrogens with zero attached hydrogens (tertiary/aromatic N) is 1. The molecule has 1 heterocycles. The van der Waals surface area contributed by atoms with Crippen LogP contribution in [0.5, 0.6) is 0 Å². The van der Waals surface area contributed by atoms with E-state index in [9.17, 15) is 8.78 Å². The SMILES string of the molecule is CNc1cc(Nc2c(F)cc(Br)cc2F)ccn1. The summed E-state index contributed by atoms with van der Waals surface area (Å²) in [5.41, 5.74) is 0.362. The van der Waals surface area contributed by atoms with Crippen molar-refractivity contribution in [2.75, 3.05) is 17.7 Å². The van der Waals surface area contributed by atoms with E-state index in [-0.39, 0.29) is 5.69 Å². The molecule has 3 nitrogen and oxygen atoms in total. The second kappa shape index (κ2) is 5.30. The van der Waals surface area contributed by atoms with E-state index in [0.717, 1.165) is 0 Å². The fourth-order valence-electron chi connectivity index (χ4n) is 1.45. The standard InChI is InChI=1S/C12H10BrF2N3/c1-16-11-6-8(2-3-17-11)18-12-9(14)4-7(13)5-10(12)15/h2-6H,1H3,(H2,16,17,18). The van der Waals surface area contributed by atoms with Gasteiger partial charge < -0.3 is 10.6 Å². The minimum atomic E-state index is -0.662. The van der Waals surface area contributed by atoms with Crippen molar-refractivity contribution in [1.82, 2.24) is 4.98 Å². The average Bonchev–Trinajstić information content (AvgIpc) is 2.34. The van der Waals surface area contributed by atoms with Gasteiger partial charge in [-0.25, -0.2) is 13.8 Å². The summed E-state index contributed by atoms with van der Waals surface area (Å²) in [4.78, 5) is 4.01. The van der Waals surface area contributed by atoms with Crippen molar-refractivity contribution in [1.29, 1.82) is 0 Å². The molecular weight excluding hydrogens is 304 g/mol. The predicted molar refractivity (Wildman–Crippen MR) is 71.1 cm³/mol. The Bertz CT molecular complexity index is 552. The quantitative estimate of drug-likeness (QED) is 0.902. The van der Waals surface area contributed by atoms with Crippen molar-refractivity contribution in [3.8, 4) is 0 Å². The molecular formula is C12H10BrF2N3. The van der Waals surface area contributed by atoms with Gasteiger partial charge in [-0.1, -0.05) is 15.9 Å². The molecule has 0 bridgehead atoms. The maximum absolute atomic E-state index is 13.6. The summed E-state index contributed by atoms with van der Waals surface area (Å²) in [6, 6.07) is 5.68. The molecule has 0 unspecified atom stereocenters. The zero-order valence-corrected chi connectivity index (χ0v) is 11.1. The molecule has 0 spiro atoms. The van der Waals surface area contributed by atoms with Gasteiger partial charge in [-0.05, 0) is 18.2 Å². The highest BCUT2D eigenvalue weighted by Crippen LogP contribution is 2.27. The summed E-state index contributed by atoms with van der Waals surface area (Å²) in [5.74, 6) is -0.715. The highest BCUT2D eigenvalue weighted by molar-refractivity contribution is 9.10. The first-order valence-electron chi connectivity index (χ1n) is 5.15. The lowest BCUT2D eigenvalue weighted by atomic mass is 10.2. The van der Waals surface area contributed by atoms with Crippen molar-refractivity contribution in [3.05, 3.63) is 46.6 Å². The van der Waals surface area contributed by atoms with Gasteiger partial charge in [0.2, 0.25) is 0 Å². The lowest BCUT2D eigenvalue weighted by molar-refractivity contribution is 0.589. The Hall–Kier alpha value is -1.69. The monoisotopic (exact) mass is 313 g/mol. The fourth-order valence-corrected chi connectivity index (χ4v) is 1.85. The summed E-state index contributed by atoms with van der Waals surface area (Å²) in [6.07, 6.45) is 1.54. The van der Waals surface area contributed by atoms with Crippen LogP contribution in [0.4, 0.5) is 26.0 Å². The van der Waals surface area contributed by atoms with Crippen molar-refractivity contribution in [2.24, 2.45) is 0 Å².